The summed E-state index contributed by atoms with van der Waals surface area (Å²) in [7, 11) is 0. The number of aromatic nitrogens is 1. The molecule has 0 amide bonds. The van der Waals surface area contributed by atoms with Crippen LogP contribution >= 0.6 is 11.3 Å². The molecule has 0 atom stereocenters. The summed E-state index contributed by atoms with van der Waals surface area (Å²) < 4.78 is 0. The normalized spacial score (nSPS) is 20.3. The molecule has 0 N–H and O–H groups in total. The monoisotopic (exact) mass is 206 g/mol. The van der Waals surface area contributed by atoms with Crippen molar-refractivity contribution in [1.29, 1.82) is 5.26 Å². The maximum absolute atomic E-state index is 9.32. The van der Waals surface area contributed by atoms with Gasteiger partial charge in [0.2, 0.25) is 0 Å². The van der Waals surface area contributed by atoms with Crippen molar-refractivity contribution < 1.29 is 0 Å². The summed E-state index contributed by atoms with van der Waals surface area (Å²) in [5, 5.41) is 12.4. The molecule has 1 aliphatic carbocycles. The van der Waals surface area contributed by atoms with Gasteiger partial charge < -0.3 is 0 Å². The van der Waals surface area contributed by atoms with Gasteiger partial charge in [0, 0.05) is 11.1 Å². The van der Waals surface area contributed by atoms with Gasteiger partial charge in [-0.3, -0.25) is 0 Å². The molecule has 1 aromatic heterocycles. The summed E-state index contributed by atoms with van der Waals surface area (Å²) in [5.74, 6) is 0. The molecule has 2 nitrogen and oxygen atoms in total. The second kappa shape index (κ2) is 3.70. The highest BCUT2D eigenvalue weighted by molar-refractivity contribution is 7.09. The fourth-order valence-electron chi connectivity index (χ4n) is 2.10. The van der Waals surface area contributed by atoms with Crippen LogP contribution in [0, 0.1) is 18.3 Å². The average molecular weight is 206 g/mol. The fraction of sp³-hybridized carbons (Fsp3) is 0.636. The fourth-order valence-corrected chi connectivity index (χ4v) is 3.11. The molecule has 0 spiro atoms. The van der Waals surface area contributed by atoms with Crippen LogP contribution in [0.3, 0.4) is 0 Å². The van der Waals surface area contributed by atoms with Crippen molar-refractivity contribution in [3.05, 3.63) is 16.1 Å². The van der Waals surface area contributed by atoms with Crippen LogP contribution in [0.4, 0.5) is 0 Å². The van der Waals surface area contributed by atoms with Crippen molar-refractivity contribution in [2.45, 2.75) is 44.4 Å². The zero-order valence-corrected chi connectivity index (χ0v) is 9.23. The van der Waals surface area contributed by atoms with E-state index in [1.54, 1.807) is 11.3 Å². The number of hydrogen-bond donors (Lipinski definition) is 0. The summed E-state index contributed by atoms with van der Waals surface area (Å²) in [6.45, 7) is 1.99. The number of thiazole rings is 1. The Morgan fingerprint density at radius 3 is 2.64 bits per heavy atom. The summed E-state index contributed by atoms with van der Waals surface area (Å²) in [6, 6.07) is 2.49. The zero-order valence-electron chi connectivity index (χ0n) is 8.42. The molecule has 14 heavy (non-hydrogen) atoms. The van der Waals surface area contributed by atoms with Crippen LogP contribution in [0.5, 0.6) is 0 Å². The number of nitrogens with zero attached hydrogens (tertiary/aromatic N) is 2. The lowest BCUT2D eigenvalue weighted by Crippen LogP contribution is -2.26. The van der Waals surface area contributed by atoms with Crippen LogP contribution < -0.4 is 0 Å². The molecule has 0 radical (unpaired) electrons. The van der Waals surface area contributed by atoms with E-state index in [2.05, 4.69) is 11.1 Å². The van der Waals surface area contributed by atoms with Gasteiger partial charge in [0.25, 0.3) is 0 Å². The SMILES string of the molecule is Cc1csc(C2(C#N)CCCCC2)n1. The smallest absolute Gasteiger partial charge is 0.113 e. The van der Waals surface area contributed by atoms with E-state index in [1.165, 1.54) is 19.3 Å². The molecule has 1 saturated carbocycles. The molecular formula is C11H14N2S. The Morgan fingerprint density at radius 1 is 1.43 bits per heavy atom. The standard InChI is InChI=1S/C11H14N2S/c1-9-7-14-10(13-9)11(8-12)5-3-2-4-6-11/h7H,2-6H2,1H3. The van der Waals surface area contributed by atoms with E-state index in [-0.39, 0.29) is 5.41 Å². The first kappa shape index (κ1) is 9.67. The van der Waals surface area contributed by atoms with E-state index in [9.17, 15) is 5.26 Å². The molecule has 1 heterocycles. The second-order valence-electron chi connectivity index (χ2n) is 4.05. The molecule has 1 aromatic rings. The zero-order chi connectivity index (χ0) is 10.0. The molecule has 0 saturated heterocycles. The van der Waals surface area contributed by atoms with E-state index < -0.39 is 0 Å². The van der Waals surface area contributed by atoms with Crippen LogP contribution in [0.1, 0.15) is 42.8 Å². The molecule has 0 aliphatic heterocycles. The van der Waals surface area contributed by atoms with E-state index >= 15 is 0 Å². The Balaban J connectivity index is 2.32. The molecule has 74 valence electrons. The molecule has 1 aliphatic rings. The van der Waals surface area contributed by atoms with Crippen molar-refractivity contribution in [3.63, 3.8) is 0 Å². The molecule has 0 unspecified atom stereocenters. The second-order valence-corrected chi connectivity index (χ2v) is 4.91. The predicted octanol–water partition coefficient (Wildman–Crippen LogP) is 3.18. The van der Waals surface area contributed by atoms with Gasteiger partial charge >= 0.3 is 0 Å². The average Bonchev–Trinajstić information content (AvgIpc) is 2.66. The quantitative estimate of drug-likeness (QED) is 0.707. The maximum atomic E-state index is 9.32. The number of aryl methyl sites for hydroxylation is 1. The third kappa shape index (κ3) is 1.55. The van der Waals surface area contributed by atoms with E-state index in [0.29, 0.717) is 0 Å². The van der Waals surface area contributed by atoms with Crippen LogP contribution in [0.25, 0.3) is 0 Å². The first-order valence-corrected chi connectivity index (χ1v) is 5.99. The van der Waals surface area contributed by atoms with Crippen LogP contribution in [0.2, 0.25) is 0 Å². The van der Waals surface area contributed by atoms with Gasteiger partial charge in [-0.25, -0.2) is 4.98 Å². The highest BCUT2D eigenvalue weighted by atomic mass is 32.1. The van der Waals surface area contributed by atoms with E-state index in [1.807, 2.05) is 12.3 Å². The lowest BCUT2D eigenvalue weighted by Gasteiger charge is -2.28. The Hall–Kier alpha value is -0.880. The van der Waals surface area contributed by atoms with Gasteiger partial charge in [-0.1, -0.05) is 19.3 Å². The molecular weight excluding hydrogens is 192 g/mol. The van der Waals surface area contributed by atoms with Crippen molar-refractivity contribution in [3.8, 4) is 6.07 Å². The largest absolute Gasteiger partial charge is 0.245 e. The maximum Gasteiger partial charge on any atom is 0.113 e. The number of rotatable bonds is 1. The molecule has 0 aromatic carbocycles. The highest BCUT2D eigenvalue weighted by Gasteiger charge is 2.36. The van der Waals surface area contributed by atoms with Gasteiger partial charge in [0.15, 0.2) is 0 Å². The van der Waals surface area contributed by atoms with E-state index in [4.69, 9.17) is 0 Å². The minimum absolute atomic E-state index is 0.253. The van der Waals surface area contributed by atoms with Crippen LogP contribution in [-0.2, 0) is 5.41 Å². The third-order valence-corrected chi connectivity index (χ3v) is 4.11. The van der Waals surface area contributed by atoms with E-state index in [0.717, 1.165) is 23.5 Å². The van der Waals surface area contributed by atoms with Crippen molar-refractivity contribution in [2.75, 3.05) is 0 Å². The van der Waals surface area contributed by atoms with Gasteiger partial charge in [-0.2, -0.15) is 5.26 Å². The lowest BCUT2D eigenvalue weighted by molar-refractivity contribution is 0.364. The summed E-state index contributed by atoms with van der Waals surface area (Å²) >= 11 is 1.65. The van der Waals surface area contributed by atoms with Crippen LogP contribution in [-0.4, -0.2) is 4.98 Å². The summed E-state index contributed by atoms with van der Waals surface area (Å²) in [6.07, 6.45) is 5.61. The van der Waals surface area contributed by atoms with Crippen molar-refractivity contribution in [1.82, 2.24) is 4.98 Å². The Morgan fingerprint density at radius 2 is 2.14 bits per heavy atom. The molecule has 0 bridgehead atoms. The minimum Gasteiger partial charge on any atom is -0.245 e. The number of hydrogen-bond acceptors (Lipinski definition) is 3. The first-order chi connectivity index (χ1) is 6.77. The Kier molecular flexibility index (Phi) is 2.56. The van der Waals surface area contributed by atoms with Gasteiger partial charge in [0.1, 0.15) is 10.4 Å². The van der Waals surface area contributed by atoms with Crippen LogP contribution in [0.15, 0.2) is 5.38 Å². The summed E-state index contributed by atoms with van der Waals surface area (Å²) in [5.41, 5.74) is 0.794. The minimum atomic E-state index is -0.253. The Labute approximate surface area is 88.6 Å². The number of nitriles is 1. The van der Waals surface area contributed by atoms with Gasteiger partial charge in [-0.15, -0.1) is 11.3 Å². The van der Waals surface area contributed by atoms with Crippen molar-refractivity contribution in [2.24, 2.45) is 0 Å². The molecule has 1 fully saturated rings. The van der Waals surface area contributed by atoms with Gasteiger partial charge in [-0.05, 0) is 19.8 Å². The Bertz CT molecular complexity index is 356. The lowest BCUT2D eigenvalue weighted by atomic mass is 9.76. The summed E-state index contributed by atoms with van der Waals surface area (Å²) in [4.78, 5) is 4.47. The molecule has 3 heteroatoms. The first-order valence-electron chi connectivity index (χ1n) is 5.11. The van der Waals surface area contributed by atoms with Gasteiger partial charge in [0.05, 0.1) is 6.07 Å². The third-order valence-electron chi connectivity index (χ3n) is 2.95. The highest BCUT2D eigenvalue weighted by Crippen LogP contribution is 2.40. The molecule has 2 rings (SSSR count). The van der Waals surface area contributed by atoms with Crippen molar-refractivity contribution >= 4 is 11.3 Å². The topological polar surface area (TPSA) is 36.7 Å². The predicted molar refractivity (Wildman–Crippen MR) is 57.2 cm³/mol.